The SMILES string of the molecule is N#CC(N(Cc1ccccc1)[C@@H](CO)c1ccccc1)C(F)(F)F. The Hall–Kier alpha value is -2.36. The van der Waals surface area contributed by atoms with Crippen LogP contribution < -0.4 is 0 Å². The molecule has 1 N–H and O–H groups in total. The lowest BCUT2D eigenvalue weighted by Gasteiger charge is -2.35. The maximum Gasteiger partial charge on any atom is 0.417 e. The van der Waals surface area contributed by atoms with Crippen LogP contribution in [-0.2, 0) is 6.54 Å². The number of hydrogen-bond acceptors (Lipinski definition) is 3. The summed E-state index contributed by atoms with van der Waals surface area (Å²) in [4.78, 5) is 0.991. The van der Waals surface area contributed by atoms with E-state index in [1.807, 2.05) is 0 Å². The highest BCUT2D eigenvalue weighted by Crippen LogP contribution is 2.32. The van der Waals surface area contributed by atoms with Gasteiger partial charge in [0.15, 0.2) is 6.04 Å². The summed E-state index contributed by atoms with van der Waals surface area (Å²) in [5.41, 5.74) is 1.16. The maximum absolute atomic E-state index is 13.3. The predicted octanol–water partition coefficient (Wildman–Crippen LogP) is 3.68. The minimum atomic E-state index is -4.72. The fourth-order valence-electron chi connectivity index (χ4n) is 2.59. The normalized spacial score (nSPS) is 14.2. The summed E-state index contributed by atoms with van der Waals surface area (Å²) in [6.45, 7) is -0.621. The third-order valence-corrected chi connectivity index (χ3v) is 3.73. The number of rotatable bonds is 6. The van der Waals surface area contributed by atoms with Crippen molar-refractivity contribution in [1.29, 1.82) is 5.26 Å². The van der Waals surface area contributed by atoms with E-state index < -0.39 is 24.9 Å². The monoisotopic (exact) mass is 334 g/mol. The van der Waals surface area contributed by atoms with Crippen molar-refractivity contribution in [3.63, 3.8) is 0 Å². The van der Waals surface area contributed by atoms with Gasteiger partial charge in [-0.05, 0) is 11.1 Å². The molecule has 0 saturated carbocycles. The van der Waals surface area contributed by atoms with E-state index in [9.17, 15) is 18.3 Å². The van der Waals surface area contributed by atoms with Crippen molar-refractivity contribution in [2.24, 2.45) is 0 Å². The number of nitriles is 1. The van der Waals surface area contributed by atoms with Crippen molar-refractivity contribution >= 4 is 0 Å². The van der Waals surface area contributed by atoms with Crippen LogP contribution in [0.4, 0.5) is 13.2 Å². The number of halogens is 3. The highest BCUT2D eigenvalue weighted by atomic mass is 19.4. The highest BCUT2D eigenvalue weighted by molar-refractivity contribution is 5.22. The molecule has 0 radical (unpaired) electrons. The Labute approximate surface area is 138 Å². The van der Waals surface area contributed by atoms with Gasteiger partial charge in [-0.15, -0.1) is 0 Å². The van der Waals surface area contributed by atoms with Gasteiger partial charge in [0, 0.05) is 6.54 Å². The molecule has 0 spiro atoms. The molecule has 2 rings (SSSR count). The van der Waals surface area contributed by atoms with E-state index in [1.54, 1.807) is 60.7 Å². The average molecular weight is 334 g/mol. The summed E-state index contributed by atoms with van der Waals surface area (Å²) in [5, 5.41) is 18.8. The third kappa shape index (κ3) is 4.34. The molecule has 0 amide bonds. The second kappa shape index (κ2) is 7.95. The Morgan fingerprint density at radius 1 is 1.00 bits per heavy atom. The van der Waals surface area contributed by atoms with Crippen molar-refractivity contribution in [2.75, 3.05) is 6.61 Å². The van der Waals surface area contributed by atoms with Gasteiger partial charge in [-0.1, -0.05) is 60.7 Å². The van der Waals surface area contributed by atoms with Crippen molar-refractivity contribution in [3.8, 4) is 6.07 Å². The number of benzene rings is 2. The van der Waals surface area contributed by atoms with Gasteiger partial charge in [0.25, 0.3) is 0 Å². The molecule has 0 aliphatic heterocycles. The summed E-state index contributed by atoms with van der Waals surface area (Å²) >= 11 is 0. The van der Waals surface area contributed by atoms with Crippen LogP contribution in [0.15, 0.2) is 60.7 Å². The summed E-state index contributed by atoms with van der Waals surface area (Å²) in [5.74, 6) is 0. The average Bonchev–Trinajstić information content (AvgIpc) is 2.56. The van der Waals surface area contributed by atoms with Crippen molar-refractivity contribution in [1.82, 2.24) is 4.90 Å². The van der Waals surface area contributed by atoms with Gasteiger partial charge in [0.05, 0.1) is 18.7 Å². The number of hydrogen-bond donors (Lipinski definition) is 1. The lowest BCUT2D eigenvalue weighted by Crippen LogP contribution is -2.47. The van der Waals surface area contributed by atoms with E-state index in [4.69, 9.17) is 5.26 Å². The minimum absolute atomic E-state index is 0.0985. The fourth-order valence-corrected chi connectivity index (χ4v) is 2.59. The van der Waals surface area contributed by atoms with Gasteiger partial charge in [0.2, 0.25) is 0 Å². The summed E-state index contributed by atoms with van der Waals surface area (Å²) < 4.78 is 40.0. The first-order valence-electron chi connectivity index (χ1n) is 7.39. The zero-order valence-corrected chi connectivity index (χ0v) is 12.8. The lowest BCUT2D eigenvalue weighted by atomic mass is 10.0. The molecule has 0 bridgehead atoms. The molecule has 0 aliphatic rings. The van der Waals surface area contributed by atoms with E-state index in [0.29, 0.717) is 11.1 Å². The maximum atomic E-state index is 13.3. The second-order valence-corrected chi connectivity index (χ2v) is 5.34. The first kappa shape index (κ1) is 18.0. The van der Waals surface area contributed by atoms with E-state index in [0.717, 1.165) is 4.90 Å². The van der Waals surface area contributed by atoms with Crippen molar-refractivity contribution in [2.45, 2.75) is 24.8 Å². The van der Waals surface area contributed by atoms with Gasteiger partial charge in [-0.3, -0.25) is 4.90 Å². The number of aliphatic hydroxyl groups excluding tert-OH is 1. The van der Waals surface area contributed by atoms with Crippen LogP contribution >= 0.6 is 0 Å². The van der Waals surface area contributed by atoms with Gasteiger partial charge in [-0.2, -0.15) is 18.4 Å². The topological polar surface area (TPSA) is 47.3 Å². The molecule has 2 atom stereocenters. The van der Waals surface area contributed by atoms with Crippen LogP contribution in [0.25, 0.3) is 0 Å². The zero-order valence-electron chi connectivity index (χ0n) is 12.8. The molecule has 0 fully saturated rings. The van der Waals surface area contributed by atoms with E-state index in [2.05, 4.69) is 0 Å². The van der Waals surface area contributed by atoms with Crippen LogP contribution in [0.3, 0.4) is 0 Å². The van der Waals surface area contributed by atoms with E-state index in [1.165, 1.54) is 6.07 Å². The van der Waals surface area contributed by atoms with Crippen LogP contribution in [-0.4, -0.2) is 28.8 Å². The van der Waals surface area contributed by atoms with Gasteiger partial charge < -0.3 is 5.11 Å². The zero-order chi connectivity index (χ0) is 17.6. The standard InChI is InChI=1S/C18H17F3N2O/c19-18(20,21)17(11-22)23(12-14-7-3-1-4-8-14)16(13-24)15-9-5-2-6-10-15/h1-10,16-17,24H,12-13H2/t16-,17?/m0/s1. The Morgan fingerprint density at radius 2 is 1.54 bits per heavy atom. The molecule has 2 aromatic carbocycles. The Kier molecular flexibility index (Phi) is 5.96. The van der Waals surface area contributed by atoms with Gasteiger partial charge in [-0.25, -0.2) is 0 Å². The van der Waals surface area contributed by atoms with E-state index in [-0.39, 0.29) is 6.54 Å². The number of alkyl halides is 3. The van der Waals surface area contributed by atoms with Gasteiger partial charge >= 0.3 is 6.18 Å². The molecular formula is C18H17F3N2O. The van der Waals surface area contributed by atoms with Crippen LogP contribution in [0, 0.1) is 11.3 Å². The largest absolute Gasteiger partial charge is 0.417 e. The molecule has 24 heavy (non-hydrogen) atoms. The van der Waals surface area contributed by atoms with Crippen LogP contribution in [0.2, 0.25) is 0 Å². The van der Waals surface area contributed by atoms with Crippen LogP contribution in [0.1, 0.15) is 17.2 Å². The minimum Gasteiger partial charge on any atom is -0.394 e. The third-order valence-electron chi connectivity index (χ3n) is 3.73. The molecule has 126 valence electrons. The van der Waals surface area contributed by atoms with Crippen molar-refractivity contribution in [3.05, 3.63) is 71.8 Å². The van der Waals surface area contributed by atoms with Crippen LogP contribution in [0.5, 0.6) is 0 Å². The van der Waals surface area contributed by atoms with E-state index >= 15 is 0 Å². The number of nitrogens with zero attached hydrogens (tertiary/aromatic N) is 2. The molecule has 1 unspecified atom stereocenters. The summed E-state index contributed by atoms with van der Waals surface area (Å²) in [6.07, 6.45) is -4.72. The second-order valence-electron chi connectivity index (χ2n) is 5.34. The summed E-state index contributed by atoms with van der Waals surface area (Å²) in [6, 6.07) is 15.1. The molecule has 6 heteroatoms. The first-order chi connectivity index (χ1) is 11.5. The molecule has 0 aliphatic carbocycles. The molecular weight excluding hydrogens is 317 g/mol. The summed E-state index contributed by atoms with van der Waals surface area (Å²) in [7, 11) is 0. The lowest BCUT2D eigenvalue weighted by molar-refractivity contribution is -0.177. The quantitative estimate of drug-likeness (QED) is 0.877. The van der Waals surface area contributed by atoms with Gasteiger partial charge in [0.1, 0.15) is 0 Å². The molecule has 3 nitrogen and oxygen atoms in total. The Bertz CT molecular complexity index is 668. The molecule has 0 aromatic heterocycles. The molecule has 0 saturated heterocycles. The molecule has 2 aromatic rings. The number of aliphatic hydroxyl groups is 1. The predicted molar refractivity (Wildman–Crippen MR) is 83.7 cm³/mol. The highest BCUT2D eigenvalue weighted by Gasteiger charge is 2.46. The Balaban J connectivity index is 2.43. The fraction of sp³-hybridized carbons (Fsp3) is 0.278. The van der Waals surface area contributed by atoms with Crippen molar-refractivity contribution < 1.29 is 18.3 Å². The Morgan fingerprint density at radius 3 is 2.00 bits per heavy atom. The first-order valence-corrected chi connectivity index (χ1v) is 7.39. The molecule has 0 heterocycles. The smallest absolute Gasteiger partial charge is 0.394 e.